The van der Waals surface area contributed by atoms with Gasteiger partial charge in [0.1, 0.15) is 0 Å². The molecule has 0 rings (SSSR count). The van der Waals surface area contributed by atoms with Crippen molar-refractivity contribution in [1.82, 2.24) is 0 Å². The van der Waals surface area contributed by atoms with E-state index in [2.05, 4.69) is 0 Å². The Balaban J connectivity index is 0. The fraction of sp³-hybridized carbons (Fsp3) is 1.00. The van der Waals surface area contributed by atoms with Gasteiger partial charge in [-0.2, -0.15) is 0 Å². The van der Waals surface area contributed by atoms with Crippen LogP contribution >= 0.6 is 0 Å². The molecule has 0 saturated heterocycles. The van der Waals surface area contributed by atoms with E-state index < -0.39 is 14.7 Å². The molecule has 0 heterocycles. The van der Waals surface area contributed by atoms with Crippen molar-refractivity contribution < 1.29 is 17.9 Å². The van der Waals surface area contributed by atoms with Gasteiger partial charge in [0.15, 0.2) is 0 Å². The number of hydrogen-bond acceptors (Lipinski definition) is 1. The van der Waals surface area contributed by atoms with Gasteiger partial charge in [0, 0.05) is 0 Å². The van der Waals surface area contributed by atoms with Gasteiger partial charge >= 0.3 is 51.3 Å². The Kier molecular flexibility index (Phi) is 2.23. The van der Waals surface area contributed by atoms with E-state index in [1.165, 1.54) is 0 Å². The molecule has 0 unspecified atom stereocenters. The third-order valence-electron chi connectivity index (χ3n) is 0.759. The van der Waals surface area contributed by atoms with E-state index in [0.29, 0.717) is 0 Å². The molecule has 0 amide bonds. The molecular weight excluding hydrogens is 154 g/mol. The van der Waals surface area contributed by atoms with Crippen molar-refractivity contribution in [1.29, 1.82) is 0 Å². The van der Waals surface area contributed by atoms with E-state index in [-0.39, 0.29) is 14.4 Å². The standard InChI is InChI=1S/C3H8F4NSi/c4-9(5,6,7)3-1-2-8/h1-3,8H2/q-1/p+1. The summed E-state index contributed by atoms with van der Waals surface area (Å²) in [7, 11) is -7.43. The maximum Gasteiger partial charge on any atom is 1.00 e. The molecule has 0 aliphatic rings. The van der Waals surface area contributed by atoms with Gasteiger partial charge in [-0.25, -0.2) is 0 Å². The number of hydrogen-bond donors (Lipinski definition) is 1. The van der Waals surface area contributed by atoms with Crippen LogP contribution in [0.4, 0.5) is 16.4 Å². The van der Waals surface area contributed by atoms with Crippen molar-refractivity contribution in [2.75, 3.05) is 6.54 Å². The zero-order valence-electron chi connectivity index (χ0n) is 5.71. The van der Waals surface area contributed by atoms with Crippen LogP contribution in [0.2, 0.25) is 6.04 Å². The third-order valence-corrected chi connectivity index (χ3v) is 1.87. The van der Waals surface area contributed by atoms with Crippen molar-refractivity contribution in [3.05, 3.63) is 0 Å². The van der Waals surface area contributed by atoms with Crippen LogP contribution in [0.15, 0.2) is 0 Å². The van der Waals surface area contributed by atoms with Crippen LogP contribution in [0.5, 0.6) is 0 Å². The molecule has 0 spiro atoms. The molecule has 1 nitrogen and oxygen atoms in total. The first-order chi connectivity index (χ1) is 3.81. The smallest absolute Gasteiger partial charge is 1.00 e. The Morgan fingerprint density at radius 3 is 1.78 bits per heavy atom. The van der Waals surface area contributed by atoms with E-state index in [4.69, 9.17) is 5.73 Å². The minimum Gasteiger partial charge on any atom is 1.00 e. The van der Waals surface area contributed by atoms with E-state index >= 15 is 0 Å². The Bertz CT molecular complexity index is 93.2. The van der Waals surface area contributed by atoms with E-state index in [9.17, 15) is 16.4 Å². The summed E-state index contributed by atoms with van der Waals surface area (Å²) in [5.74, 6) is 0. The average Bonchev–Trinajstić information content (AvgIpc) is 1.57. The van der Waals surface area contributed by atoms with Gasteiger partial charge in [0.25, 0.3) is 0 Å². The Morgan fingerprint density at radius 2 is 1.67 bits per heavy atom. The molecule has 0 radical (unpaired) electrons. The Morgan fingerprint density at radius 1 is 1.22 bits per heavy atom. The number of nitrogens with two attached hydrogens (primary N) is 1. The second kappa shape index (κ2) is 2.26. The SMILES string of the molecule is NCCC[Si-](F)(F)(F)F.[H+]. The fourth-order valence-corrected chi connectivity index (χ4v) is 1.11. The molecule has 0 fully saturated rings. The predicted octanol–water partition coefficient (Wildman–Crippen LogP) is 1.72. The van der Waals surface area contributed by atoms with Gasteiger partial charge in [-0.3, -0.25) is 0 Å². The van der Waals surface area contributed by atoms with Crippen molar-refractivity contribution in [3.63, 3.8) is 0 Å². The first kappa shape index (κ1) is 8.90. The minimum atomic E-state index is -7.43. The Hall–Kier alpha value is -0.103. The van der Waals surface area contributed by atoms with Gasteiger partial charge in [-0.1, -0.05) is 0 Å². The minimum absolute atomic E-state index is 0. The van der Waals surface area contributed by atoms with Crippen LogP contribution in [0, 0.1) is 0 Å². The van der Waals surface area contributed by atoms with Crippen molar-refractivity contribution >= 4 is 8.69 Å². The van der Waals surface area contributed by atoms with Gasteiger partial charge < -0.3 is 0 Å². The molecule has 9 heavy (non-hydrogen) atoms. The zero-order valence-corrected chi connectivity index (χ0v) is 5.71. The molecule has 0 atom stereocenters. The fourth-order valence-electron chi connectivity index (χ4n) is 0.369. The second-order valence-electron chi connectivity index (χ2n) is 1.86. The first-order valence-corrected chi connectivity index (χ1v) is 4.74. The summed E-state index contributed by atoms with van der Waals surface area (Å²) in [6, 6.07) is -1.31. The number of rotatable bonds is 3. The summed E-state index contributed by atoms with van der Waals surface area (Å²) in [6.07, 6.45) is -0.298. The van der Waals surface area contributed by atoms with Crippen molar-refractivity contribution in [3.8, 4) is 0 Å². The van der Waals surface area contributed by atoms with Gasteiger partial charge in [-0.05, 0) is 0 Å². The summed E-state index contributed by atoms with van der Waals surface area (Å²) in [4.78, 5) is 0. The van der Waals surface area contributed by atoms with Crippen LogP contribution in [-0.4, -0.2) is 15.2 Å². The summed E-state index contributed by atoms with van der Waals surface area (Å²) >= 11 is 0. The van der Waals surface area contributed by atoms with E-state index in [1.807, 2.05) is 0 Å². The molecule has 0 saturated carbocycles. The molecular formula is C3H9F4NSi. The summed E-state index contributed by atoms with van der Waals surface area (Å²) in [5, 5.41) is 0. The maximum atomic E-state index is 11.4. The summed E-state index contributed by atoms with van der Waals surface area (Å²) < 4.78 is 45.4. The number of halogens is 4. The van der Waals surface area contributed by atoms with Crippen LogP contribution in [0.1, 0.15) is 7.85 Å². The van der Waals surface area contributed by atoms with Gasteiger partial charge in [-0.15, -0.1) is 0 Å². The van der Waals surface area contributed by atoms with Crippen LogP contribution < -0.4 is 5.73 Å². The van der Waals surface area contributed by atoms with Gasteiger partial charge in [0.05, 0.1) is 0 Å². The molecule has 0 bridgehead atoms. The molecule has 0 aromatic rings. The first-order valence-electron chi connectivity index (χ1n) is 2.52. The van der Waals surface area contributed by atoms with Crippen LogP contribution in [0.3, 0.4) is 0 Å². The molecule has 0 aromatic heterocycles. The third kappa shape index (κ3) is 7.90. The molecule has 0 aromatic carbocycles. The summed E-state index contributed by atoms with van der Waals surface area (Å²) in [6.45, 7) is -0.106. The zero-order chi connectivity index (χ0) is 7.57. The molecule has 2 N–H and O–H groups in total. The summed E-state index contributed by atoms with van der Waals surface area (Å²) in [5.41, 5.74) is 4.75. The van der Waals surface area contributed by atoms with Crippen molar-refractivity contribution in [2.45, 2.75) is 12.5 Å². The monoisotopic (exact) mass is 163 g/mol. The molecule has 6 heteroatoms. The van der Waals surface area contributed by atoms with Crippen LogP contribution in [-0.2, 0) is 0 Å². The molecule has 58 valence electrons. The quantitative estimate of drug-likeness (QED) is 0.382. The topological polar surface area (TPSA) is 26.0 Å². The normalized spacial score (nSPS) is 16.8. The predicted molar refractivity (Wildman–Crippen MR) is 29.8 cm³/mol. The largest absolute Gasteiger partial charge is 1.00 e. The van der Waals surface area contributed by atoms with E-state index in [1.54, 1.807) is 0 Å². The van der Waals surface area contributed by atoms with Crippen LogP contribution in [0.25, 0.3) is 0 Å². The van der Waals surface area contributed by atoms with E-state index in [0.717, 1.165) is 0 Å². The molecule has 0 aliphatic heterocycles. The van der Waals surface area contributed by atoms with Gasteiger partial charge in [0.2, 0.25) is 0 Å². The van der Waals surface area contributed by atoms with Crippen molar-refractivity contribution in [2.24, 2.45) is 5.73 Å². The second-order valence-corrected chi connectivity index (χ2v) is 4.28. The maximum absolute atomic E-state index is 11.4. The average molecular weight is 163 g/mol. The molecule has 0 aliphatic carbocycles. The Labute approximate surface area is 52.4 Å².